The SMILES string of the molecule is CCOC(=O)N1CCC(NCc2nnc(-c3cccc(Cl)c3)o2)CC1. The van der Waals surface area contributed by atoms with Crippen molar-refractivity contribution in [2.24, 2.45) is 0 Å². The molecule has 0 spiro atoms. The van der Waals surface area contributed by atoms with Gasteiger partial charge in [0.05, 0.1) is 13.2 Å². The van der Waals surface area contributed by atoms with Gasteiger partial charge in [0.15, 0.2) is 0 Å². The number of aromatic nitrogens is 2. The molecule has 2 aromatic rings. The lowest BCUT2D eigenvalue weighted by Crippen LogP contribution is -2.44. The number of nitrogens with one attached hydrogen (secondary N) is 1. The zero-order valence-electron chi connectivity index (χ0n) is 14.1. The molecule has 2 heterocycles. The van der Waals surface area contributed by atoms with Crippen LogP contribution in [-0.4, -0.2) is 46.9 Å². The van der Waals surface area contributed by atoms with Crippen LogP contribution in [0.3, 0.4) is 0 Å². The summed E-state index contributed by atoms with van der Waals surface area (Å²) >= 11 is 5.98. The van der Waals surface area contributed by atoms with Crippen LogP contribution in [0.15, 0.2) is 28.7 Å². The molecule has 1 saturated heterocycles. The van der Waals surface area contributed by atoms with E-state index in [1.807, 2.05) is 19.1 Å². The predicted molar refractivity (Wildman–Crippen MR) is 93.2 cm³/mol. The topological polar surface area (TPSA) is 80.5 Å². The standard InChI is InChI=1S/C17H21ClN4O3/c1-2-24-17(23)22-8-6-14(7-9-22)19-11-15-20-21-16(25-15)12-4-3-5-13(18)10-12/h3-5,10,14,19H,2,6-9,11H2,1H3. The Labute approximate surface area is 151 Å². The monoisotopic (exact) mass is 364 g/mol. The van der Waals surface area contributed by atoms with Gasteiger partial charge in [0.2, 0.25) is 11.8 Å². The van der Waals surface area contributed by atoms with Gasteiger partial charge in [0, 0.05) is 29.7 Å². The minimum absolute atomic E-state index is 0.232. The van der Waals surface area contributed by atoms with Gasteiger partial charge in [-0.25, -0.2) is 4.79 Å². The summed E-state index contributed by atoms with van der Waals surface area (Å²) in [6, 6.07) is 7.62. The fourth-order valence-corrected chi connectivity index (χ4v) is 2.97. The number of ether oxygens (including phenoxy) is 1. The number of carbonyl (C=O) groups excluding carboxylic acids is 1. The van der Waals surface area contributed by atoms with Crippen molar-refractivity contribution in [3.05, 3.63) is 35.2 Å². The first-order chi connectivity index (χ1) is 12.2. The van der Waals surface area contributed by atoms with Crippen LogP contribution >= 0.6 is 11.6 Å². The second kappa shape index (κ2) is 8.31. The van der Waals surface area contributed by atoms with Crippen LogP contribution < -0.4 is 5.32 Å². The average Bonchev–Trinajstić information content (AvgIpc) is 3.10. The average molecular weight is 365 g/mol. The summed E-state index contributed by atoms with van der Waals surface area (Å²) in [4.78, 5) is 13.4. The Hall–Kier alpha value is -2.12. The van der Waals surface area contributed by atoms with Crippen LogP contribution in [0.2, 0.25) is 5.02 Å². The van der Waals surface area contributed by atoms with Gasteiger partial charge < -0.3 is 19.4 Å². The molecular weight excluding hydrogens is 344 g/mol. The predicted octanol–water partition coefficient (Wildman–Crippen LogP) is 3.10. The molecule has 1 aliphatic rings. The van der Waals surface area contributed by atoms with Crippen molar-refractivity contribution in [3.8, 4) is 11.5 Å². The molecule has 1 aromatic heterocycles. The third kappa shape index (κ3) is 4.70. The summed E-state index contributed by atoms with van der Waals surface area (Å²) in [6.07, 6.45) is 1.51. The number of piperidine rings is 1. The van der Waals surface area contributed by atoms with Gasteiger partial charge in [-0.1, -0.05) is 17.7 Å². The molecule has 1 aliphatic heterocycles. The van der Waals surface area contributed by atoms with Crippen molar-refractivity contribution < 1.29 is 13.9 Å². The lowest BCUT2D eigenvalue weighted by Gasteiger charge is -2.31. The number of carbonyl (C=O) groups is 1. The van der Waals surface area contributed by atoms with Gasteiger partial charge in [-0.2, -0.15) is 0 Å². The second-order valence-corrected chi connectivity index (χ2v) is 6.29. The van der Waals surface area contributed by atoms with E-state index in [2.05, 4.69) is 15.5 Å². The van der Waals surface area contributed by atoms with Crippen LogP contribution in [0.25, 0.3) is 11.5 Å². The van der Waals surface area contributed by atoms with E-state index in [1.165, 1.54) is 0 Å². The highest BCUT2D eigenvalue weighted by molar-refractivity contribution is 6.30. The molecule has 0 atom stereocenters. The first-order valence-corrected chi connectivity index (χ1v) is 8.77. The highest BCUT2D eigenvalue weighted by atomic mass is 35.5. The smallest absolute Gasteiger partial charge is 0.409 e. The van der Waals surface area contributed by atoms with Crippen molar-refractivity contribution in [3.63, 3.8) is 0 Å². The summed E-state index contributed by atoms with van der Waals surface area (Å²) in [6.45, 7) is 4.09. The minimum atomic E-state index is -0.232. The molecule has 0 aliphatic carbocycles. The number of likely N-dealkylation sites (tertiary alicyclic amines) is 1. The van der Waals surface area contributed by atoms with Gasteiger partial charge >= 0.3 is 6.09 Å². The highest BCUT2D eigenvalue weighted by Gasteiger charge is 2.23. The molecule has 0 radical (unpaired) electrons. The number of amides is 1. The number of nitrogens with zero attached hydrogens (tertiary/aromatic N) is 3. The van der Waals surface area contributed by atoms with Crippen LogP contribution in [0, 0.1) is 0 Å². The molecule has 1 fully saturated rings. The van der Waals surface area contributed by atoms with Crippen LogP contribution in [0.4, 0.5) is 4.79 Å². The molecule has 7 nitrogen and oxygen atoms in total. The first kappa shape index (κ1) is 17.7. The molecule has 134 valence electrons. The lowest BCUT2D eigenvalue weighted by atomic mass is 10.1. The van der Waals surface area contributed by atoms with E-state index in [0.717, 1.165) is 18.4 Å². The largest absolute Gasteiger partial charge is 0.450 e. The summed E-state index contributed by atoms with van der Waals surface area (Å²) in [5.41, 5.74) is 0.800. The van der Waals surface area contributed by atoms with E-state index in [4.69, 9.17) is 20.8 Å². The van der Waals surface area contributed by atoms with E-state index in [0.29, 0.717) is 49.1 Å². The van der Waals surface area contributed by atoms with E-state index in [-0.39, 0.29) is 6.09 Å². The summed E-state index contributed by atoms with van der Waals surface area (Å²) in [5, 5.41) is 12.2. The summed E-state index contributed by atoms with van der Waals surface area (Å²) in [7, 11) is 0. The minimum Gasteiger partial charge on any atom is -0.450 e. The quantitative estimate of drug-likeness (QED) is 0.878. The number of halogens is 1. The Morgan fingerprint density at radius 2 is 2.20 bits per heavy atom. The van der Waals surface area contributed by atoms with Gasteiger partial charge in [0.25, 0.3) is 0 Å². The zero-order chi connectivity index (χ0) is 17.6. The summed E-state index contributed by atoms with van der Waals surface area (Å²) < 4.78 is 10.7. The maximum absolute atomic E-state index is 11.7. The maximum Gasteiger partial charge on any atom is 0.409 e. The molecular formula is C17H21ClN4O3. The Balaban J connectivity index is 1.48. The fraction of sp³-hybridized carbons (Fsp3) is 0.471. The van der Waals surface area contributed by atoms with Gasteiger partial charge in [0.1, 0.15) is 0 Å². The Bertz CT molecular complexity index is 713. The van der Waals surface area contributed by atoms with E-state index < -0.39 is 0 Å². The zero-order valence-corrected chi connectivity index (χ0v) is 14.8. The molecule has 0 unspecified atom stereocenters. The third-order valence-corrected chi connectivity index (χ3v) is 4.34. The molecule has 0 bridgehead atoms. The Morgan fingerprint density at radius 1 is 1.40 bits per heavy atom. The highest BCUT2D eigenvalue weighted by Crippen LogP contribution is 2.21. The maximum atomic E-state index is 11.7. The first-order valence-electron chi connectivity index (χ1n) is 8.39. The number of rotatable bonds is 5. The molecule has 1 N–H and O–H groups in total. The van der Waals surface area contributed by atoms with Crippen molar-refractivity contribution in [1.82, 2.24) is 20.4 Å². The number of hydrogen-bond donors (Lipinski definition) is 1. The molecule has 3 rings (SSSR count). The van der Waals surface area contributed by atoms with Crippen molar-refractivity contribution in [2.75, 3.05) is 19.7 Å². The van der Waals surface area contributed by atoms with Gasteiger partial charge in [-0.3, -0.25) is 0 Å². The van der Waals surface area contributed by atoms with Crippen molar-refractivity contribution in [2.45, 2.75) is 32.4 Å². The third-order valence-electron chi connectivity index (χ3n) is 4.10. The lowest BCUT2D eigenvalue weighted by molar-refractivity contribution is 0.0948. The van der Waals surface area contributed by atoms with Gasteiger partial charge in [-0.15, -0.1) is 10.2 Å². The molecule has 25 heavy (non-hydrogen) atoms. The van der Waals surface area contributed by atoms with Crippen molar-refractivity contribution >= 4 is 17.7 Å². The number of benzene rings is 1. The van der Waals surface area contributed by atoms with Gasteiger partial charge in [-0.05, 0) is 38.0 Å². The Kier molecular flexibility index (Phi) is 5.88. The van der Waals surface area contributed by atoms with Crippen molar-refractivity contribution in [1.29, 1.82) is 0 Å². The van der Waals surface area contributed by atoms with E-state index in [1.54, 1.807) is 17.0 Å². The molecule has 0 saturated carbocycles. The van der Waals surface area contributed by atoms with Crippen LogP contribution in [0.5, 0.6) is 0 Å². The fourth-order valence-electron chi connectivity index (χ4n) is 2.78. The van der Waals surface area contributed by atoms with E-state index in [9.17, 15) is 4.79 Å². The molecule has 1 aromatic carbocycles. The Morgan fingerprint density at radius 3 is 2.92 bits per heavy atom. The van der Waals surface area contributed by atoms with Crippen LogP contribution in [0.1, 0.15) is 25.7 Å². The molecule has 1 amide bonds. The van der Waals surface area contributed by atoms with Crippen LogP contribution in [-0.2, 0) is 11.3 Å². The van der Waals surface area contributed by atoms with E-state index >= 15 is 0 Å². The normalized spacial score (nSPS) is 15.4. The molecule has 8 heteroatoms. The summed E-state index contributed by atoms with van der Waals surface area (Å²) in [5.74, 6) is 0.985. The second-order valence-electron chi connectivity index (χ2n) is 5.85. The number of hydrogen-bond acceptors (Lipinski definition) is 6.